The van der Waals surface area contributed by atoms with Gasteiger partial charge in [-0.3, -0.25) is 4.79 Å². The number of rotatable bonds is 2. The summed E-state index contributed by atoms with van der Waals surface area (Å²) < 4.78 is 1.11. The van der Waals surface area contributed by atoms with Gasteiger partial charge in [0.15, 0.2) is 0 Å². The van der Waals surface area contributed by atoms with E-state index < -0.39 is 0 Å². The Hall–Kier alpha value is -0.690. The molecule has 2 rings (SSSR count). The molecule has 8 heteroatoms. The van der Waals surface area contributed by atoms with Crippen LogP contribution in [0.5, 0.6) is 0 Å². The Labute approximate surface area is 135 Å². The molecular weight excluding hydrogens is 421 g/mol. The number of benzene rings is 1. The summed E-state index contributed by atoms with van der Waals surface area (Å²) in [5.41, 5.74) is 0.829. The summed E-state index contributed by atoms with van der Waals surface area (Å²) >= 11 is 18.5. The second-order valence-corrected chi connectivity index (χ2v) is 5.86. The van der Waals surface area contributed by atoms with Crippen molar-refractivity contribution < 1.29 is 4.79 Å². The molecule has 0 fully saturated rings. The van der Waals surface area contributed by atoms with Crippen LogP contribution in [0.2, 0.25) is 10.0 Å². The lowest BCUT2D eigenvalue weighted by molar-refractivity contribution is 0.102. The Morgan fingerprint density at radius 3 is 2.47 bits per heavy atom. The summed E-state index contributed by atoms with van der Waals surface area (Å²) in [6.45, 7) is 0. The van der Waals surface area contributed by atoms with Gasteiger partial charge in [-0.25, -0.2) is 9.97 Å². The lowest BCUT2D eigenvalue weighted by Crippen LogP contribution is -2.13. The van der Waals surface area contributed by atoms with Gasteiger partial charge in [-0.05, 0) is 37.9 Å². The highest BCUT2D eigenvalue weighted by Crippen LogP contribution is 2.41. The predicted octanol–water partition coefficient (Wildman–Crippen LogP) is 4.56. The van der Waals surface area contributed by atoms with E-state index in [4.69, 9.17) is 23.2 Å². The smallest absolute Gasteiger partial charge is 0.258 e. The molecule has 1 aromatic carbocycles. The molecular formula is C11H5Br2Cl2N3O. The fraction of sp³-hybridized carbons (Fsp3) is 0. The summed E-state index contributed by atoms with van der Waals surface area (Å²) in [4.78, 5) is 19.6. The van der Waals surface area contributed by atoms with Crippen LogP contribution in [0, 0.1) is 0 Å². The van der Waals surface area contributed by atoms with E-state index in [9.17, 15) is 4.79 Å². The van der Waals surface area contributed by atoms with Crippen LogP contribution in [0.4, 0.5) is 5.69 Å². The number of carbonyl (C=O) groups excluding carboxylic acids is 1. The largest absolute Gasteiger partial charge is 0.320 e. The second-order valence-electron chi connectivity index (χ2n) is 3.42. The fourth-order valence-electron chi connectivity index (χ4n) is 1.28. The predicted molar refractivity (Wildman–Crippen MR) is 81.8 cm³/mol. The van der Waals surface area contributed by atoms with Crippen LogP contribution >= 0.6 is 55.1 Å². The third kappa shape index (κ3) is 3.25. The molecule has 1 aromatic heterocycles. The SMILES string of the molecule is O=C(Nc1c(Br)cc(Cl)c(Cl)c1Br)c1cncnc1. The minimum atomic E-state index is -0.347. The Morgan fingerprint density at radius 1 is 1.21 bits per heavy atom. The van der Waals surface area contributed by atoms with Gasteiger partial charge >= 0.3 is 0 Å². The highest BCUT2D eigenvalue weighted by molar-refractivity contribution is 9.11. The zero-order chi connectivity index (χ0) is 14.0. The summed E-state index contributed by atoms with van der Waals surface area (Å²) in [7, 11) is 0. The van der Waals surface area contributed by atoms with Crippen molar-refractivity contribution in [2.24, 2.45) is 0 Å². The van der Waals surface area contributed by atoms with Crippen LogP contribution in [0.3, 0.4) is 0 Å². The first kappa shape index (κ1) is 14.7. The highest BCUT2D eigenvalue weighted by Gasteiger charge is 2.16. The van der Waals surface area contributed by atoms with Gasteiger partial charge in [-0.15, -0.1) is 0 Å². The Balaban J connectivity index is 2.35. The van der Waals surface area contributed by atoms with Crippen LogP contribution in [0.15, 0.2) is 33.7 Å². The first-order valence-corrected chi connectivity index (χ1v) is 7.24. The maximum Gasteiger partial charge on any atom is 0.258 e. The number of carbonyl (C=O) groups is 1. The second kappa shape index (κ2) is 6.17. The van der Waals surface area contributed by atoms with E-state index in [2.05, 4.69) is 47.1 Å². The zero-order valence-electron chi connectivity index (χ0n) is 9.12. The first-order valence-electron chi connectivity index (χ1n) is 4.90. The number of nitrogens with zero attached hydrogens (tertiary/aromatic N) is 2. The zero-order valence-corrected chi connectivity index (χ0v) is 13.8. The van der Waals surface area contributed by atoms with Gasteiger partial charge in [0.2, 0.25) is 0 Å². The van der Waals surface area contributed by atoms with Crippen molar-refractivity contribution in [2.45, 2.75) is 0 Å². The van der Waals surface area contributed by atoms with Gasteiger partial charge in [-0.1, -0.05) is 23.2 Å². The van der Waals surface area contributed by atoms with Crippen molar-refractivity contribution in [1.82, 2.24) is 9.97 Å². The molecule has 0 radical (unpaired) electrons. The standard InChI is InChI=1S/C11H5Br2Cl2N3O/c12-6-1-7(14)9(15)8(13)10(6)18-11(19)5-2-16-4-17-3-5/h1-4H,(H,18,19). The van der Waals surface area contributed by atoms with E-state index in [0.29, 0.717) is 30.2 Å². The summed E-state index contributed by atoms with van der Waals surface area (Å²) in [5.74, 6) is -0.347. The van der Waals surface area contributed by atoms with E-state index in [1.54, 1.807) is 6.07 Å². The molecule has 0 aliphatic rings. The first-order chi connectivity index (χ1) is 9.00. The third-order valence-corrected chi connectivity index (χ3v) is 4.61. The molecule has 1 heterocycles. The van der Waals surface area contributed by atoms with Crippen molar-refractivity contribution in [1.29, 1.82) is 0 Å². The van der Waals surface area contributed by atoms with Crippen molar-refractivity contribution in [3.05, 3.63) is 49.3 Å². The number of hydrogen-bond acceptors (Lipinski definition) is 3. The molecule has 2 aromatic rings. The number of aromatic nitrogens is 2. The summed E-state index contributed by atoms with van der Waals surface area (Å²) in [6, 6.07) is 1.60. The molecule has 98 valence electrons. The number of halogens is 4. The van der Waals surface area contributed by atoms with E-state index in [0.717, 1.165) is 0 Å². The maximum absolute atomic E-state index is 12.0. The number of anilines is 1. The molecule has 0 aliphatic heterocycles. The van der Waals surface area contributed by atoms with E-state index in [-0.39, 0.29) is 5.91 Å². The van der Waals surface area contributed by atoms with Crippen LogP contribution in [0.1, 0.15) is 10.4 Å². The molecule has 0 spiro atoms. The fourth-order valence-corrected chi connectivity index (χ4v) is 3.20. The third-order valence-electron chi connectivity index (χ3n) is 2.18. The lowest BCUT2D eigenvalue weighted by atomic mass is 10.2. The van der Waals surface area contributed by atoms with Crippen molar-refractivity contribution in [3.63, 3.8) is 0 Å². The number of hydrogen-bond donors (Lipinski definition) is 1. The van der Waals surface area contributed by atoms with Gasteiger partial charge < -0.3 is 5.32 Å². The van der Waals surface area contributed by atoms with Gasteiger partial charge in [0.1, 0.15) is 6.33 Å². The average Bonchev–Trinajstić information content (AvgIpc) is 2.42. The lowest BCUT2D eigenvalue weighted by Gasteiger charge is -2.11. The molecule has 0 bridgehead atoms. The minimum Gasteiger partial charge on any atom is -0.320 e. The van der Waals surface area contributed by atoms with Crippen molar-refractivity contribution >= 4 is 66.7 Å². The Bertz CT molecular complexity index is 638. The molecule has 0 unspecified atom stereocenters. The van der Waals surface area contributed by atoms with Crippen LogP contribution in [-0.2, 0) is 0 Å². The van der Waals surface area contributed by atoms with Crippen LogP contribution in [-0.4, -0.2) is 15.9 Å². The highest BCUT2D eigenvalue weighted by atomic mass is 79.9. The molecule has 0 saturated heterocycles. The van der Waals surface area contributed by atoms with Crippen molar-refractivity contribution in [3.8, 4) is 0 Å². The van der Waals surface area contributed by atoms with Gasteiger partial charge in [-0.2, -0.15) is 0 Å². The summed E-state index contributed by atoms with van der Waals surface area (Å²) in [5, 5.41) is 3.41. The number of amides is 1. The topological polar surface area (TPSA) is 54.9 Å². The average molecular weight is 426 g/mol. The van der Waals surface area contributed by atoms with Gasteiger partial charge in [0, 0.05) is 16.9 Å². The molecule has 0 atom stereocenters. The van der Waals surface area contributed by atoms with Crippen LogP contribution in [0.25, 0.3) is 0 Å². The molecule has 1 amide bonds. The molecule has 19 heavy (non-hydrogen) atoms. The number of nitrogens with one attached hydrogen (secondary N) is 1. The normalized spacial score (nSPS) is 10.3. The quantitative estimate of drug-likeness (QED) is 0.566. The van der Waals surface area contributed by atoms with E-state index >= 15 is 0 Å². The molecule has 4 nitrogen and oxygen atoms in total. The van der Waals surface area contributed by atoms with Gasteiger partial charge in [0.25, 0.3) is 5.91 Å². The van der Waals surface area contributed by atoms with Gasteiger partial charge in [0.05, 0.1) is 25.8 Å². The molecule has 0 aliphatic carbocycles. The molecule has 0 saturated carbocycles. The van der Waals surface area contributed by atoms with E-state index in [1.807, 2.05) is 0 Å². The maximum atomic E-state index is 12.0. The van der Waals surface area contributed by atoms with E-state index in [1.165, 1.54) is 18.7 Å². The molecule has 1 N–H and O–H groups in total. The Morgan fingerprint density at radius 2 is 1.84 bits per heavy atom. The van der Waals surface area contributed by atoms with Crippen LogP contribution < -0.4 is 5.32 Å². The minimum absolute atomic E-state index is 0.324. The Kier molecular flexibility index (Phi) is 4.78. The monoisotopic (exact) mass is 423 g/mol. The summed E-state index contributed by atoms with van der Waals surface area (Å²) in [6.07, 6.45) is 4.19. The van der Waals surface area contributed by atoms with Crippen molar-refractivity contribution in [2.75, 3.05) is 5.32 Å².